The summed E-state index contributed by atoms with van der Waals surface area (Å²) in [7, 11) is -3.65. The number of anilines is 1. The van der Waals surface area contributed by atoms with Crippen molar-refractivity contribution in [2.24, 2.45) is 0 Å². The SMILES string of the molecule is Cc1ncc(S(=O)(=O)Nc2ccc(CC#N)cc2)[nH]1. The van der Waals surface area contributed by atoms with Gasteiger partial charge < -0.3 is 4.98 Å². The molecule has 0 aliphatic heterocycles. The van der Waals surface area contributed by atoms with E-state index < -0.39 is 10.0 Å². The fourth-order valence-corrected chi connectivity index (χ4v) is 2.56. The molecule has 2 rings (SSSR count). The summed E-state index contributed by atoms with van der Waals surface area (Å²) in [5.74, 6) is 0.532. The van der Waals surface area contributed by atoms with Gasteiger partial charge in [0.1, 0.15) is 5.82 Å². The number of aryl methyl sites for hydroxylation is 1. The van der Waals surface area contributed by atoms with Gasteiger partial charge in [-0.05, 0) is 24.6 Å². The predicted molar refractivity (Wildman–Crippen MR) is 69.9 cm³/mol. The lowest BCUT2D eigenvalue weighted by Crippen LogP contribution is -2.13. The molecule has 1 heterocycles. The largest absolute Gasteiger partial charge is 0.332 e. The number of hydrogen-bond acceptors (Lipinski definition) is 4. The number of benzene rings is 1. The van der Waals surface area contributed by atoms with E-state index in [1.165, 1.54) is 6.20 Å². The second-order valence-corrected chi connectivity index (χ2v) is 5.62. The van der Waals surface area contributed by atoms with Crippen LogP contribution in [0.4, 0.5) is 5.69 Å². The first-order valence-electron chi connectivity index (χ1n) is 5.51. The summed E-state index contributed by atoms with van der Waals surface area (Å²) in [4.78, 5) is 6.52. The smallest absolute Gasteiger partial charge is 0.278 e. The Labute approximate surface area is 111 Å². The van der Waals surface area contributed by atoms with Crippen LogP contribution in [0.5, 0.6) is 0 Å². The lowest BCUT2D eigenvalue weighted by molar-refractivity contribution is 0.598. The quantitative estimate of drug-likeness (QED) is 0.885. The Morgan fingerprint density at radius 1 is 1.37 bits per heavy atom. The summed E-state index contributed by atoms with van der Waals surface area (Å²) in [6.07, 6.45) is 1.56. The Morgan fingerprint density at radius 3 is 2.58 bits per heavy atom. The zero-order chi connectivity index (χ0) is 13.9. The number of H-pyrrole nitrogens is 1. The highest BCUT2D eigenvalue weighted by atomic mass is 32.2. The zero-order valence-corrected chi connectivity index (χ0v) is 11.0. The maximum atomic E-state index is 12.0. The van der Waals surface area contributed by atoms with Crippen LogP contribution in [0, 0.1) is 18.3 Å². The average Bonchev–Trinajstić information content (AvgIpc) is 2.79. The van der Waals surface area contributed by atoms with Crippen molar-refractivity contribution in [3.8, 4) is 6.07 Å². The highest BCUT2D eigenvalue weighted by Gasteiger charge is 2.16. The molecule has 2 N–H and O–H groups in total. The van der Waals surface area contributed by atoms with Crippen LogP contribution < -0.4 is 4.72 Å². The van der Waals surface area contributed by atoms with Crippen molar-refractivity contribution in [1.82, 2.24) is 9.97 Å². The molecule has 0 aliphatic rings. The number of nitrogens with one attached hydrogen (secondary N) is 2. The van der Waals surface area contributed by atoms with Crippen LogP contribution >= 0.6 is 0 Å². The molecule has 0 bridgehead atoms. The monoisotopic (exact) mass is 276 g/mol. The van der Waals surface area contributed by atoms with Crippen LogP contribution in [0.2, 0.25) is 0 Å². The molecule has 6 nitrogen and oxygen atoms in total. The van der Waals surface area contributed by atoms with Gasteiger partial charge >= 0.3 is 0 Å². The van der Waals surface area contributed by atoms with E-state index in [1.807, 2.05) is 6.07 Å². The summed E-state index contributed by atoms with van der Waals surface area (Å²) < 4.78 is 26.4. The molecule has 1 aromatic carbocycles. The fraction of sp³-hybridized carbons (Fsp3) is 0.167. The van der Waals surface area contributed by atoms with E-state index in [9.17, 15) is 8.42 Å². The van der Waals surface area contributed by atoms with Gasteiger partial charge in [0.15, 0.2) is 5.03 Å². The van der Waals surface area contributed by atoms with Gasteiger partial charge in [-0.25, -0.2) is 4.98 Å². The number of aromatic nitrogens is 2. The number of rotatable bonds is 4. The molecule has 0 unspecified atom stereocenters. The minimum absolute atomic E-state index is 0.0195. The van der Waals surface area contributed by atoms with E-state index in [1.54, 1.807) is 31.2 Å². The van der Waals surface area contributed by atoms with Crippen molar-refractivity contribution in [2.45, 2.75) is 18.4 Å². The zero-order valence-electron chi connectivity index (χ0n) is 10.2. The van der Waals surface area contributed by atoms with Crippen molar-refractivity contribution < 1.29 is 8.42 Å². The minimum atomic E-state index is -3.65. The average molecular weight is 276 g/mol. The second-order valence-electron chi connectivity index (χ2n) is 3.97. The summed E-state index contributed by atoms with van der Waals surface area (Å²) in [5, 5.41) is 8.57. The topological polar surface area (TPSA) is 98.6 Å². The molecule has 1 aromatic heterocycles. The third-order valence-corrected chi connectivity index (χ3v) is 3.75. The molecule has 19 heavy (non-hydrogen) atoms. The summed E-state index contributed by atoms with van der Waals surface area (Å²) in [5.41, 5.74) is 1.27. The number of nitrogens with zero attached hydrogens (tertiary/aromatic N) is 2. The van der Waals surface area contributed by atoms with E-state index in [2.05, 4.69) is 14.7 Å². The molecule has 7 heteroatoms. The van der Waals surface area contributed by atoms with Gasteiger partial charge in [-0.1, -0.05) is 12.1 Å². The van der Waals surface area contributed by atoms with Crippen LogP contribution in [0.15, 0.2) is 35.5 Å². The maximum absolute atomic E-state index is 12.0. The molecule has 0 saturated carbocycles. The van der Waals surface area contributed by atoms with Crippen molar-refractivity contribution in [3.63, 3.8) is 0 Å². The van der Waals surface area contributed by atoms with Gasteiger partial charge in [-0.3, -0.25) is 4.72 Å². The second kappa shape index (κ2) is 5.12. The molecule has 0 fully saturated rings. The predicted octanol–water partition coefficient (Wildman–Crippen LogP) is 1.58. The third kappa shape index (κ3) is 3.11. The summed E-state index contributed by atoms with van der Waals surface area (Å²) >= 11 is 0. The Balaban J connectivity index is 2.19. The lowest BCUT2D eigenvalue weighted by atomic mass is 10.1. The van der Waals surface area contributed by atoms with Crippen molar-refractivity contribution in [1.29, 1.82) is 5.26 Å². The highest BCUT2D eigenvalue weighted by Crippen LogP contribution is 2.15. The van der Waals surface area contributed by atoms with Gasteiger partial charge in [0, 0.05) is 5.69 Å². The molecule has 0 saturated heterocycles. The molecule has 0 atom stereocenters. The molecule has 98 valence electrons. The molecule has 0 aliphatic carbocycles. The Hall–Kier alpha value is -2.33. The van der Waals surface area contributed by atoms with Gasteiger partial charge in [0.05, 0.1) is 18.7 Å². The first kappa shape index (κ1) is 13.1. The number of sulfonamides is 1. The van der Waals surface area contributed by atoms with Crippen LogP contribution in [-0.2, 0) is 16.4 Å². The van der Waals surface area contributed by atoms with Crippen LogP contribution in [0.1, 0.15) is 11.4 Å². The first-order chi connectivity index (χ1) is 9.01. The lowest BCUT2D eigenvalue weighted by Gasteiger charge is -2.06. The molecule has 2 aromatic rings. The van der Waals surface area contributed by atoms with Crippen LogP contribution in [0.3, 0.4) is 0 Å². The van der Waals surface area contributed by atoms with Gasteiger partial charge in [0.25, 0.3) is 10.0 Å². The number of hydrogen-bond donors (Lipinski definition) is 2. The summed E-state index contributed by atoms with van der Waals surface area (Å²) in [6, 6.07) is 8.68. The molecule has 0 radical (unpaired) electrons. The fourth-order valence-electron chi connectivity index (χ4n) is 1.53. The van der Waals surface area contributed by atoms with Gasteiger partial charge in [-0.2, -0.15) is 13.7 Å². The third-order valence-electron chi connectivity index (χ3n) is 2.46. The number of nitriles is 1. The molecule has 0 spiro atoms. The normalized spacial score (nSPS) is 10.9. The highest BCUT2D eigenvalue weighted by molar-refractivity contribution is 7.92. The molecule has 0 amide bonds. The minimum Gasteiger partial charge on any atom is -0.332 e. The maximum Gasteiger partial charge on any atom is 0.278 e. The van der Waals surface area contributed by atoms with Gasteiger partial charge in [-0.15, -0.1) is 0 Å². The molecular weight excluding hydrogens is 264 g/mol. The van der Waals surface area contributed by atoms with Gasteiger partial charge in [0.2, 0.25) is 0 Å². The summed E-state index contributed by atoms with van der Waals surface area (Å²) in [6.45, 7) is 1.68. The Morgan fingerprint density at radius 2 is 2.05 bits per heavy atom. The van der Waals surface area contributed by atoms with E-state index in [4.69, 9.17) is 5.26 Å². The van der Waals surface area contributed by atoms with Crippen molar-refractivity contribution in [2.75, 3.05) is 4.72 Å². The first-order valence-corrected chi connectivity index (χ1v) is 7.00. The Kier molecular flexibility index (Phi) is 3.53. The van der Waals surface area contributed by atoms with Crippen molar-refractivity contribution in [3.05, 3.63) is 41.9 Å². The molecular formula is C12H12N4O2S. The van der Waals surface area contributed by atoms with Crippen LogP contribution in [0.25, 0.3) is 0 Å². The van der Waals surface area contributed by atoms with E-state index >= 15 is 0 Å². The number of imidazole rings is 1. The van der Waals surface area contributed by atoms with Crippen molar-refractivity contribution >= 4 is 15.7 Å². The Bertz CT molecular complexity index is 711. The van der Waals surface area contributed by atoms with E-state index in [-0.39, 0.29) is 5.03 Å². The number of aromatic amines is 1. The van der Waals surface area contributed by atoms with E-state index in [0.29, 0.717) is 17.9 Å². The van der Waals surface area contributed by atoms with E-state index in [0.717, 1.165) is 5.56 Å². The van der Waals surface area contributed by atoms with Crippen LogP contribution in [-0.4, -0.2) is 18.4 Å². The standard InChI is InChI=1S/C12H12N4O2S/c1-9-14-8-12(15-9)19(17,18)16-11-4-2-10(3-5-11)6-7-13/h2-5,8,16H,6H2,1H3,(H,14,15).